The van der Waals surface area contributed by atoms with Crippen LogP contribution in [0.1, 0.15) is 35.6 Å². The van der Waals surface area contributed by atoms with Gasteiger partial charge in [-0.25, -0.2) is 4.68 Å². The average molecular weight is 349 g/mol. The van der Waals surface area contributed by atoms with Crippen molar-refractivity contribution in [2.45, 2.75) is 33.8 Å². The number of nitrogens with zero attached hydrogens (tertiary/aromatic N) is 2. The first-order chi connectivity index (χ1) is 12.4. The Morgan fingerprint density at radius 2 is 1.77 bits per heavy atom. The maximum absolute atomic E-state index is 12.6. The smallest absolute Gasteiger partial charge is 0.255 e. The molecule has 1 N–H and O–H groups in total. The van der Waals surface area contributed by atoms with Crippen LogP contribution in [0.4, 0.5) is 5.69 Å². The minimum Gasteiger partial charge on any atom is -0.491 e. The van der Waals surface area contributed by atoms with Gasteiger partial charge in [-0.05, 0) is 70.2 Å². The number of rotatable bonds is 5. The number of benzene rings is 2. The van der Waals surface area contributed by atoms with Gasteiger partial charge in [-0.1, -0.05) is 12.1 Å². The number of aryl methyl sites for hydroxylation is 2. The number of anilines is 1. The summed E-state index contributed by atoms with van der Waals surface area (Å²) in [6, 6.07) is 16.8. The fourth-order valence-corrected chi connectivity index (χ4v) is 2.79. The zero-order valence-electron chi connectivity index (χ0n) is 15.5. The molecule has 1 amide bonds. The number of amides is 1. The van der Waals surface area contributed by atoms with Crippen LogP contribution in [0.2, 0.25) is 0 Å². The molecule has 3 rings (SSSR count). The predicted molar refractivity (Wildman–Crippen MR) is 103 cm³/mol. The lowest BCUT2D eigenvalue weighted by Crippen LogP contribution is -2.14. The summed E-state index contributed by atoms with van der Waals surface area (Å²) < 4.78 is 7.45. The van der Waals surface area contributed by atoms with Gasteiger partial charge in [0.15, 0.2) is 0 Å². The van der Waals surface area contributed by atoms with Crippen LogP contribution < -0.4 is 10.1 Å². The van der Waals surface area contributed by atoms with E-state index in [0.717, 1.165) is 22.8 Å². The normalized spacial score (nSPS) is 10.8. The summed E-state index contributed by atoms with van der Waals surface area (Å²) in [4.78, 5) is 12.6. The Bertz CT molecular complexity index is 911. The molecule has 3 aromatic rings. The molecule has 5 heteroatoms. The van der Waals surface area contributed by atoms with Crippen molar-refractivity contribution in [1.82, 2.24) is 9.78 Å². The molecule has 134 valence electrons. The highest BCUT2D eigenvalue weighted by Crippen LogP contribution is 2.23. The summed E-state index contributed by atoms with van der Waals surface area (Å²) in [5.74, 6) is 0.578. The van der Waals surface area contributed by atoms with Crippen LogP contribution >= 0.6 is 0 Å². The van der Waals surface area contributed by atoms with Crippen molar-refractivity contribution in [2.75, 3.05) is 5.32 Å². The lowest BCUT2D eigenvalue weighted by atomic mass is 10.2. The molecule has 0 radical (unpaired) electrons. The topological polar surface area (TPSA) is 56.2 Å². The minimum absolute atomic E-state index is 0.0994. The molecule has 5 nitrogen and oxygen atoms in total. The third-order valence-electron chi connectivity index (χ3n) is 3.88. The number of hydrogen-bond donors (Lipinski definition) is 1. The van der Waals surface area contributed by atoms with Crippen LogP contribution in [0.25, 0.3) is 5.69 Å². The van der Waals surface area contributed by atoms with Crippen LogP contribution in [0.3, 0.4) is 0 Å². The van der Waals surface area contributed by atoms with Crippen LogP contribution in [0.15, 0.2) is 54.6 Å². The van der Waals surface area contributed by atoms with Crippen LogP contribution in [-0.2, 0) is 0 Å². The van der Waals surface area contributed by atoms with Gasteiger partial charge in [0, 0.05) is 11.3 Å². The fourth-order valence-electron chi connectivity index (χ4n) is 2.79. The molecular formula is C21H23N3O2. The van der Waals surface area contributed by atoms with Crippen molar-refractivity contribution in [3.05, 3.63) is 71.5 Å². The number of para-hydroxylation sites is 2. The quantitative estimate of drug-likeness (QED) is 0.736. The lowest BCUT2D eigenvalue weighted by molar-refractivity contribution is 0.102. The van der Waals surface area contributed by atoms with E-state index in [4.69, 9.17) is 4.74 Å². The van der Waals surface area contributed by atoms with Gasteiger partial charge >= 0.3 is 0 Å². The average Bonchev–Trinajstić information content (AvgIpc) is 2.93. The van der Waals surface area contributed by atoms with Crippen LogP contribution in [0, 0.1) is 13.8 Å². The molecule has 0 atom stereocenters. The van der Waals surface area contributed by atoms with Crippen molar-refractivity contribution in [3.63, 3.8) is 0 Å². The van der Waals surface area contributed by atoms with Gasteiger partial charge in [0.1, 0.15) is 5.75 Å². The molecule has 2 aromatic carbocycles. The molecule has 26 heavy (non-hydrogen) atoms. The van der Waals surface area contributed by atoms with E-state index in [1.165, 1.54) is 0 Å². The number of ether oxygens (including phenoxy) is 1. The molecule has 0 spiro atoms. The first-order valence-corrected chi connectivity index (χ1v) is 8.65. The third-order valence-corrected chi connectivity index (χ3v) is 3.88. The van der Waals surface area contributed by atoms with E-state index < -0.39 is 0 Å². The van der Waals surface area contributed by atoms with Gasteiger partial charge in [-0.15, -0.1) is 0 Å². The molecule has 0 saturated heterocycles. The van der Waals surface area contributed by atoms with E-state index in [2.05, 4.69) is 10.4 Å². The highest BCUT2D eigenvalue weighted by atomic mass is 16.5. The lowest BCUT2D eigenvalue weighted by Gasteiger charge is -2.13. The van der Waals surface area contributed by atoms with Gasteiger partial charge in [-0.3, -0.25) is 4.79 Å². The van der Waals surface area contributed by atoms with Crippen LogP contribution in [0.5, 0.6) is 5.75 Å². The van der Waals surface area contributed by atoms with Crippen molar-refractivity contribution < 1.29 is 9.53 Å². The van der Waals surface area contributed by atoms with E-state index in [-0.39, 0.29) is 12.0 Å². The SMILES string of the molecule is Cc1cc(C)n(-c2ccccc2NC(=O)c2ccc(OC(C)C)cc2)n1. The maximum Gasteiger partial charge on any atom is 0.255 e. The predicted octanol–water partition coefficient (Wildman–Crippen LogP) is 4.53. The number of hydrogen-bond acceptors (Lipinski definition) is 3. The highest BCUT2D eigenvalue weighted by Gasteiger charge is 2.12. The summed E-state index contributed by atoms with van der Waals surface area (Å²) in [6.07, 6.45) is 0.0994. The second-order valence-electron chi connectivity index (χ2n) is 6.50. The van der Waals surface area contributed by atoms with Crippen molar-refractivity contribution in [1.29, 1.82) is 0 Å². The molecule has 0 saturated carbocycles. The van der Waals surface area contributed by atoms with E-state index in [1.54, 1.807) is 12.1 Å². The van der Waals surface area contributed by atoms with Gasteiger partial charge in [0.05, 0.1) is 23.2 Å². The number of carbonyl (C=O) groups is 1. The summed E-state index contributed by atoms with van der Waals surface area (Å²) in [5, 5.41) is 7.49. The van der Waals surface area contributed by atoms with E-state index in [9.17, 15) is 4.79 Å². The second kappa shape index (κ2) is 7.44. The first-order valence-electron chi connectivity index (χ1n) is 8.65. The standard InChI is InChI=1S/C21H23N3O2/c1-14(2)26-18-11-9-17(10-12-18)21(25)22-19-7-5-6-8-20(19)24-16(4)13-15(3)23-24/h5-14H,1-4H3,(H,22,25). The Balaban J connectivity index is 1.83. The van der Waals surface area contributed by atoms with Crippen molar-refractivity contribution in [2.24, 2.45) is 0 Å². The number of aromatic nitrogens is 2. The van der Waals surface area contributed by atoms with E-state index in [0.29, 0.717) is 11.3 Å². The molecule has 1 aromatic heterocycles. The van der Waals surface area contributed by atoms with E-state index >= 15 is 0 Å². The molecular weight excluding hydrogens is 326 g/mol. The maximum atomic E-state index is 12.6. The zero-order valence-corrected chi connectivity index (χ0v) is 15.5. The Morgan fingerprint density at radius 1 is 1.08 bits per heavy atom. The number of nitrogens with one attached hydrogen (secondary N) is 1. The van der Waals surface area contributed by atoms with Gasteiger partial charge < -0.3 is 10.1 Å². The van der Waals surface area contributed by atoms with Crippen molar-refractivity contribution >= 4 is 11.6 Å². The minimum atomic E-state index is -0.171. The molecule has 0 fully saturated rings. The van der Waals surface area contributed by atoms with Gasteiger partial charge in [0.25, 0.3) is 5.91 Å². The molecule has 0 unspecified atom stereocenters. The number of carbonyl (C=O) groups excluding carboxylic acids is 1. The first kappa shape index (κ1) is 17.7. The van der Waals surface area contributed by atoms with Crippen molar-refractivity contribution in [3.8, 4) is 11.4 Å². The molecule has 1 heterocycles. The monoisotopic (exact) mass is 349 g/mol. The third kappa shape index (κ3) is 3.94. The summed E-state index contributed by atoms with van der Waals surface area (Å²) in [6.45, 7) is 7.88. The Hall–Kier alpha value is -3.08. The summed E-state index contributed by atoms with van der Waals surface area (Å²) in [5.41, 5.74) is 4.07. The Kier molecular flexibility index (Phi) is 5.07. The molecule has 0 aliphatic rings. The Morgan fingerprint density at radius 3 is 2.38 bits per heavy atom. The summed E-state index contributed by atoms with van der Waals surface area (Å²) >= 11 is 0. The van der Waals surface area contributed by atoms with Gasteiger partial charge in [0.2, 0.25) is 0 Å². The summed E-state index contributed by atoms with van der Waals surface area (Å²) in [7, 11) is 0. The fraction of sp³-hybridized carbons (Fsp3) is 0.238. The second-order valence-corrected chi connectivity index (χ2v) is 6.50. The molecule has 0 aliphatic heterocycles. The molecule has 0 aliphatic carbocycles. The van der Waals surface area contributed by atoms with E-state index in [1.807, 2.05) is 74.8 Å². The van der Waals surface area contributed by atoms with Crippen LogP contribution in [-0.4, -0.2) is 21.8 Å². The highest BCUT2D eigenvalue weighted by molar-refractivity contribution is 6.05. The zero-order chi connectivity index (χ0) is 18.7. The largest absolute Gasteiger partial charge is 0.491 e. The Labute approximate surface area is 153 Å². The molecule has 0 bridgehead atoms. The van der Waals surface area contributed by atoms with Gasteiger partial charge in [-0.2, -0.15) is 5.10 Å².